The monoisotopic (exact) mass is 288 g/mol. The van der Waals surface area contributed by atoms with Crippen molar-refractivity contribution in [3.63, 3.8) is 0 Å². The quantitative estimate of drug-likeness (QED) is 0.931. The molecule has 112 valence electrons. The second-order valence-corrected chi connectivity index (χ2v) is 5.39. The third-order valence-corrected chi connectivity index (χ3v) is 3.79. The normalized spacial score (nSPS) is 15.4. The predicted molar refractivity (Wildman–Crippen MR) is 80.5 cm³/mol. The van der Waals surface area contributed by atoms with Crippen molar-refractivity contribution in [2.24, 2.45) is 0 Å². The number of rotatable bonds is 3. The fraction of sp³-hybridized carbons (Fsp3) is 0.571. The lowest BCUT2D eigenvalue weighted by Crippen LogP contribution is -2.31. The summed E-state index contributed by atoms with van der Waals surface area (Å²) >= 11 is 0. The van der Waals surface area contributed by atoms with Crippen LogP contribution >= 0.6 is 0 Å². The maximum absolute atomic E-state index is 11.5. The van der Waals surface area contributed by atoms with Gasteiger partial charge >= 0.3 is 0 Å². The van der Waals surface area contributed by atoms with E-state index in [0.717, 1.165) is 24.5 Å². The molecule has 1 amide bonds. The largest absolute Gasteiger partial charge is 0.355 e. The fourth-order valence-electron chi connectivity index (χ4n) is 2.62. The molecule has 0 aromatic carbocycles. The number of piperidine rings is 1. The van der Waals surface area contributed by atoms with Crippen LogP contribution in [0, 0.1) is 6.92 Å². The summed E-state index contributed by atoms with van der Waals surface area (Å²) < 4.78 is 1.62. The number of nitrogens with zero attached hydrogens (tertiary/aromatic N) is 5. The Bertz CT molecular complexity index is 659. The standard InChI is InChI=1S/C14H20N6O/c1-3-12(21)15-14-17-16-11-9-10(2)13(18-20(11)14)19-7-5-4-6-8-19/h9H,3-8H2,1-2H3,(H,15,17,21). The zero-order valence-electron chi connectivity index (χ0n) is 12.5. The Morgan fingerprint density at radius 1 is 1.29 bits per heavy atom. The number of anilines is 2. The van der Waals surface area contributed by atoms with Gasteiger partial charge in [-0.1, -0.05) is 6.92 Å². The van der Waals surface area contributed by atoms with Crippen LogP contribution in [0.5, 0.6) is 0 Å². The highest BCUT2D eigenvalue weighted by atomic mass is 16.1. The molecule has 0 spiro atoms. The van der Waals surface area contributed by atoms with Gasteiger partial charge in [0.05, 0.1) is 0 Å². The second kappa shape index (κ2) is 5.67. The van der Waals surface area contributed by atoms with E-state index in [-0.39, 0.29) is 5.91 Å². The summed E-state index contributed by atoms with van der Waals surface area (Å²) in [4.78, 5) is 13.8. The minimum absolute atomic E-state index is 0.0915. The van der Waals surface area contributed by atoms with Crippen LogP contribution in [-0.2, 0) is 4.79 Å². The van der Waals surface area contributed by atoms with Crippen LogP contribution in [0.15, 0.2) is 6.07 Å². The maximum atomic E-state index is 11.5. The number of carbonyl (C=O) groups excluding carboxylic acids is 1. The number of hydrogen-bond donors (Lipinski definition) is 1. The minimum atomic E-state index is -0.0915. The lowest BCUT2D eigenvalue weighted by molar-refractivity contribution is -0.115. The average Bonchev–Trinajstić information content (AvgIpc) is 2.89. The van der Waals surface area contributed by atoms with Gasteiger partial charge in [-0.3, -0.25) is 10.1 Å². The topological polar surface area (TPSA) is 75.4 Å². The summed E-state index contributed by atoms with van der Waals surface area (Å²) in [5.41, 5.74) is 1.74. The SMILES string of the molecule is CCC(=O)Nc1nnc2cc(C)c(N3CCCCC3)nn12. The van der Waals surface area contributed by atoms with Gasteiger partial charge in [-0.25, -0.2) is 0 Å². The van der Waals surface area contributed by atoms with Gasteiger partial charge in [0.25, 0.3) is 5.95 Å². The maximum Gasteiger partial charge on any atom is 0.252 e. The number of aryl methyl sites for hydroxylation is 1. The molecule has 2 aromatic heterocycles. The molecule has 2 aromatic rings. The lowest BCUT2D eigenvalue weighted by Gasteiger charge is -2.28. The van der Waals surface area contributed by atoms with E-state index in [4.69, 9.17) is 0 Å². The van der Waals surface area contributed by atoms with Gasteiger partial charge < -0.3 is 4.90 Å². The highest BCUT2D eigenvalue weighted by Gasteiger charge is 2.17. The van der Waals surface area contributed by atoms with E-state index in [1.165, 1.54) is 19.3 Å². The Labute approximate surface area is 123 Å². The van der Waals surface area contributed by atoms with Gasteiger partial charge in [0.2, 0.25) is 5.91 Å². The highest BCUT2D eigenvalue weighted by Crippen LogP contribution is 2.23. The van der Waals surface area contributed by atoms with Crippen LogP contribution in [0.1, 0.15) is 38.2 Å². The van der Waals surface area contributed by atoms with Gasteiger partial charge in [-0.15, -0.1) is 15.3 Å². The van der Waals surface area contributed by atoms with Gasteiger partial charge in [0.1, 0.15) is 0 Å². The molecule has 7 nitrogen and oxygen atoms in total. The van der Waals surface area contributed by atoms with Crippen LogP contribution in [0.25, 0.3) is 5.65 Å². The van der Waals surface area contributed by atoms with Gasteiger partial charge in [0.15, 0.2) is 11.5 Å². The molecule has 1 N–H and O–H groups in total. The van der Waals surface area contributed by atoms with Crippen LogP contribution < -0.4 is 10.2 Å². The van der Waals surface area contributed by atoms with E-state index < -0.39 is 0 Å². The summed E-state index contributed by atoms with van der Waals surface area (Å²) in [6, 6.07) is 1.96. The zero-order valence-corrected chi connectivity index (χ0v) is 12.5. The third-order valence-electron chi connectivity index (χ3n) is 3.79. The number of amides is 1. The summed E-state index contributed by atoms with van der Waals surface area (Å²) in [6.45, 7) is 5.89. The molecule has 1 aliphatic heterocycles. The molecule has 0 bridgehead atoms. The second-order valence-electron chi connectivity index (χ2n) is 5.39. The first-order valence-electron chi connectivity index (χ1n) is 7.47. The molecule has 3 heterocycles. The molecule has 1 aliphatic rings. The van der Waals surface area contributed by atoms with Crippen molar-refractivity contribution in [3.05, 3.63) is 11.6 Å². The smallest absolute Gasteiger partial charge is 0.252 e. The van der Waals surface area contributed by atoms with Crippen LogP contribution in [-0.4, -0.2) is 38.8 Å². The number of fused-ring (bicyclic) bond motifs is 1. The first-order chi connectivity index (χ1) is 10.2. The molecule has 0 radical (unpaired) electrons. The van der Waals surface area contributed by atoms with E-state index >= 15 is 0 Å². The number of carbonyl (C=O) groups is 1. The van der Waals surface area contributed by atoms with E-state index in [1.807, 2.05) is 13.0 Å². The van der Waals surface area contributed by atoms with E-state index in [9.17, 15) is 4.79 Å². The Morgan fingerprint density at radius 2 is 2.05 bits per heavy atom. The summed E-state index contributed by atoms with van der Waals surface area (Å²) in [5, 5.41) is 15.5. The molecule has 0 unspecified atom stereocenters. The molecule has 7 heteroatoms. The number of hydrogen-bond acceptors (Lipinski definition) is 5. The molecule has 1 fully saturated rings. The first-order valence-corrected chi connectivity index (χ1v) is 7.47. The first kappa shape index (κ1) is 13.8. The molecule has 1 saturated heterocycles. The van der Waals surface area contributed by atoms with Crippen LogP contribution in [0.3, 0.4) is 0 Å². The fourth-order valence-corrected chi connectivity index (χ4v) is 2.62. The summed E-state index contributed by atoms with van der Waals surface area (Å²) in [7, 11) is 0. The summed E-state index contributed by atoms with van der Waals surface area (Å²) in [6.07, 6.45) is 4.07. The molecular formula is C14H20N6O. The predicted octanol–water partition coefficient (Wildman–Crippen LogP) is 1.77. The van der Waals surface area contributed by atoms with Crippen LogP contribution in [0.2, 0.25) is 0 Å². The molecule has 0 atom stereocenters. The van der Waals surface area contributed by atoms with E-state index in [1.54, 1.807) is 11.4 Å². The average molecular weight is 288 g/mol. The van der Waals surface area contributed by atoms with Crippen molar-refractivity contribution in [1.29, 1.82) is 0 Å². The van der Waals surface area contributed by atoms with Gasteiger partial charge in [0, 0.05) is 19.5 Å². The Hall–Kier alpha value is -2.18. The molecule has 3 rings (SSSR count). The van der Waals surface area contributed by atoms with E-state index in [2.05, 4.69) is 25.5 Å². The van der Waals surface area contributed by atoms with Crippen molar-refractivity contribution in [2.45, 2.75) is 39.5 Å². The van der Waals surface area contributed by atoms with Crippen molar-refractivity contribution in [3.8, 4) is 0 Å². The zero-order chi connectivity index (χ0) is 14.8. The minimum Gasteiger partial charge on any atom is -0.355 e. The van der Waals surface area contributed by atoms with Crippen LogP contribution in [0.4, 0.5) is 11.8 Å². The lowest BCUT2D eigenvalue weighted by atomic mass is 10.1. The number of nitrogens with one attached hydrogen (secondary N) is 1. The number of aromatic nitrogens is 4. The molecule has 21 heavy (non-hydrogen) atoms. The Balaban J connectivity index is 1.99. The van der Waals surface area contributed by atoms with Gasteiger partial charge in [-0.05, 0) is 37.8 Å². The highest BCUT2D eigenvalue weighted by molar-refractivity contribution is 5.89. The van der Waals surface area contributed by atoms with Crippen molar-refractivity contribution in [2.75, 3.05) is 23.3 Å². The Kier molecular flexibility index (Phi) is 3.72. The van der Waals surface area contributed by atoms with E-state index in [0.29, 0.717) is 18.0 Å². The van der Waals surface area contributed by atoms with Crippen molar-refractivity contribution in [1.82, 2.24) is 19.8 Å². The van der Waals surface area contributed by atoms with Crippen molar-refractivity contribution >= 4 is 23.3 Å². The molecular weight excluding hydrogens is 268 g/mol. The van der Waals surface area contributed by atoms with Gasteiger partial charge in [-0.2, -0.15) is 4.52 Å². The molecule has 0 aliphatic carbocycles. The Morgan fingerprint density at radius 3 is 2.76 bits per heavy atom. The third kappa shape index (κ3) is 2.68. The molecule has 0 saturated carbocycles. The summed E-state index contributed by atoms with van der Waals surface area (Å²) in [5.74, 6) is 1.25. The van der Waals surface area contributed by atoms with Crippen molar-refractivity contribution < 1.29 is 4.79 Å².